The van der Waals surface area contributed by atoms with Gasteiger partial charge in [0.25, 0.3) is 0 Å². The van der Waals surface area contributed by atoms with E-state index >= 15 is 0 Å². The second-order valence-corrected chi connectivity index (χ2v) is 6.83. The van der Waals surface area contributed by atoms with E-state index in [0.29, 0.717) is 0 Å². The molecule has 0 aromatic carbocycles. The molecule has 0 unspecified atom stereocenters. The van der Waals surface area contributed by atoms with Crippen LogP contribution in [0, 0.1) is 0 Å². The van der Waals surface area contributed by atoms with Crippen LogP contribution in [0.25, 0.3) is 0 Å². The summed E-state index contributed by atoms with van der Waals surface area (Å²) >= 11 is 0. The summed E-state index contributed by atoms with van der Waals surface area (Å²) in [6.07, 6.45) is 4.61. The van der Waals surface area contributed by atoms with Crippen molar-refractivity contribution in [3.05, 3.63) is 0 Å². The molecule has 1 aliphatic rings. The molecular weight excluding hydrogens is 230 g/mol. The molecule has 1 saturated carbocycles. The maximum absolute atomic E-state index is 11.5. The number of aliphatic hydroxyl groups excluding tert-OH is 1. The molecule has 94 valence electrons. The molecule has 1 amide bonds. The summed E-state index contributed by atoms with van der Waals surface area (Å²) in [5.74, 6) is -0.429. The van der Waals surface area contributed by atoms with Crippen molar-refractivity contribution in [2.75, 3.05) is 18.6 Å². The van der Waals surface area contributed by atoms with E-state index in [1.54, 1.807) is 0 Å². The van der Waals surface area contributed by atoms with Gasteiger partial charge in [0, 0.05) is 12.7 Å². The molecule has 0 saturated heterocycles. The van der Waals surface area contributed by atoms with Crippen LogP contribution in [0.3, 0.4) is 0 Å². The Kier molecular flexibility index (Phi) is 4.32. The maximum atomic E-state index is 11.5. The van der Waals surface area contributed by atoms with Gasteiger partial charge < -0.3 is 10.4 Å². The van der Waals surface area contributed by atoms with Gasteiger partial charge in [-0.3, -0.25) is 4.79 Å². The van der Waals surface area contributed by atoms with Crippen molar-refractivity contribution in [2.45, 2.75) is 37.6 Å². The first-order valence-corrected chi connectivity index (χ1v) is 7.53. The number of carbonyl (C=O) groups excluding carboxylic acids is 1. The molecule has 1 rings (SSSR count). The number of amides is 1. The van der Waals surface area contributed by atoms with Crippen molar-refractivity contribution < 1.29 is 18.3 Å². The molecule has 16 heavy (non-hydrogen) atoms. The Balaban J connectivity index is 2.44. The van der Waals surface area contributed by atoms with E-state index in [4.69, 9.17) is 0 Å². The Morgan fingerprint density at radius 2 is 1.94 bits per heavy atom. The lowest BCUT2D eigenvalue weighted by Crippen LogP contribution is -2.49. The normalized spacial score (nSPS) is 19.6. The van der Waals surface area contributed by atoms with Gasteiger partial charge in [-0.05, 0) is 12.8 Å². The standard InChI is InChI=1S/C10H19NO4S/c1-16(14,15)7-4-9(13)11-10(8-12)5-2-3-6-10/h12H,2-8H2,1H3,(H,11,13). The molecule has 0 heterocycles. The largest absolute Gasteiger partial charge is 0.394 e. The minimum atomic E-state index is -3.10. The molecule has 0 aromatic rings. The average molecular weight is 249 g/mol. The molecule has 0 aromatic heterocycles. The topological polar surface area (TPSA) is 83.5 Å². The van der Waals surface area contributed by atoms with Crippen molar-refractivity contribution in [3.8, 4) is 0 Å². The summed E-state index contributed by atoms with van der Waals surface area (Å²) in [6, 6.07) is 0. The fraction of sp³-hybridized carbons (Fsp3) is 0.900. The molecule has 1 aliphatic carbocycles. The predicted molar refractivity (Wildman–Crippen MR) is 60.8 cm³/mol. The molecule has 0 radical (unpaired) electrons. The molecule has 0 bridgehead atoms. The molecule has 0 atom stereocenters. The van der Waals surface area contributed by atoms with E-state index in [1.807, 2.05) is 0 Å². The lowest BCUT2D eigenvalue weighted by Gasteiger charge is -2.27. The summed E-state index contributed by atoms with van der Waals surface area (Å²) in [7, 11) is -3.10. The minimum Gasteiger partial charge on any atom is -0.394 e. The Morgan fingerprint density at radius 3 is 2.38 bits per heavy atom. The first kappa shape index (κ1) is 13.4. The van der Waals surface area contributed by atoms with Crippen LogP contribution in [0.4, 0.5) is 0 Å². The van der Waals surface area contributed by atoms with Crippen molar-refractivity contribution in [1.82, 2.24) is 5.32 Å². The molecule has 5 nitrogen and oxygen atoms in total. The SMILES string of the molecule is CS(=O)(=O)CCC(=O)NC1(CO)CCCC1. The third-order valence-electron chi connectivity index (χ3n) is 2.97. The van der Waals surface area contributed by atoms with E-state index in [0.717, 1.165) is 31.9 Å². The fourth-order valence-electron chi connectivity index (χ4n) is 2.01. The van der Waals surface area contributed by atoms with Gasteiger partial charge in [-0.25, -0.2) is 8.42 Å². The zero-order valence-electron chi connectivity index (χ0n) is 9.53. The Morgan fingerprint density at radius 1 is 1.38 bits per heavy atom. The Labute approximate surface area is 96.1 Å². The van der Waals surface area contributed by atoms with Gasteiger partial charge in [-0.15, -0.1) is 0 Å². The molecule has 6 heteroatoms. The minimum absolute atomic E-state index is 0.0272. The van der Waals surface area contributed by atoms with Gasteiger partial charge in [0.2, 0.25) is 5.91 Å². The number of hydrogen-bond acceptors (Lipinski definition) is 4. The average Bonchev–Trinajstić information content (AvgIpc) is 2.63. The molecule has 0 aliphatic heterocycles. The van der Waals surface area contributed by atoms with E-state index in [1.165, 1.54) is 0 Å². The zero-order valence-corrected chi connectivity index (χ0v) is 10.3. The molecule has 2 N–H and O–H groups in total. The van der Waals surface area contributed by atoms with Crippen LogP contribution in [-0.2, 0) is 14.6 Å². The first-order chi connectivity index (χ1) is 7.37. The highest BCUT2D eigenvalue weighted by Gasteiger charge is 2.34. The van der Waals surface area contributed by atoms with Crippen molar-refractivity contribution in [3.63, 3.8) is 0 Å². The summed E-state index contributed by atoms with van der Waals surface area (Å²) in [4.78, 5) is 11.5. The van der Waals surface area contributed by atoms with Crippen molar-refractivity contribution in [1.29, 1.82) is 0 Å². The number of rotatable bonds is 5. The predicted octanol–water partition coefficient (Wildman–Crippen LogP) is -0.158. The number of aliphatic hydroxyl groups is 1. The molecular formula is C10H19NO4S. The van der Waals surface area contributed by atoms with Crippen LogP contribution >= 0.6 is 0 Å². The highest BCUT2D eigenvalue weighted by molar-refractivity contribution is 7.90. The number of hydrogen-bond donors (Lipinski definition) is 2. The maximum Gasteiger partial charge on any atom is 0.221 e. The van der Waals surface area contributed by atoms with E-state index in [9.17, 15) is 18.3 Å². The smallest absolute Gasteiger partial charge is 0.221 e. The van der Waals surface area contributed by atoms with Crippen LogP contribution in [0.1, 0.15) is 32.1 Å². The Hall–Kier alpha value is -0.620. The highest BCUT2D eigenvalue weighted by Crippen LogP contribution is 2.29. The summed E-state index contributed by atoms with van der Waals surface area (Å²) in [5, 5.41) is 12.0. The van der Waals surface area contributed by atoms with Crippen molar-refractivity contribution in [2.24, 2.45) is 0 Å². The Bertz CT molecular complexity index is 344. The van der Waals surface area contributed by atoms with Crippen LogP contribution in [0.2, 0.25) is 0 Å². The second kappa shape index (κ2) is 5.14. The lowest BCUT2D eigenvalue weighted by atomic mass is 9.99. The van der Waals surface area contributed by atoms with Gasteiger partial charge in [0.05, 0.1) is 17.9 Å². The van der Waals surface area contributed by atoms with Crippen LogP contribution in [0.5, 0.6) is 0 Å². The molecule has 1 fully saturated rings. The summed E-state index contributed by atoms with van der Waals surface area (Å²) < 4.78 is 21.8. The van der Waals surface area contributed by atoms with Crippen LogP contribution in [-0.4, -0.2) is 43.6 Å². The van der Waals surface area contributed by atoms with Gasteiger partial charge in [-0.2, -0.15) is 0 Å². The molecule has 0 spiro atoms. The van der Waals surface area contributed by atoms with E-state index < -0.39 is 15.4 Å². The van der Waals surface area contributed by atoms with Gasteiger partial charge >= 0.3 is 0 Å². The monoisotopic (exact) mass is 249 g/mol. The first-order valence-electron chi connectivity index (χ1n) is 5.46. The van der Waals surface area contributed by atoms with Gasteiger partial charge in [0.15, 0.2) is 0 Å². The van der Waals surface area contributed by atoms with E-state index in [2.05, 4.69) is 5.32 Å². The van der Waals surface area contributed by atoms with Crippen LogP contribution < -0.4 is 5.32 Å². The quantitative estimate of drug-likeness (QED) is 0.709. The number of sulfone groups is 1. The van der Waals surface area contributed by atoms with Crippen molar-refractivity contribution >= 4 is 15.7 Å². The van der Waals surface area contributed by atoms with Crippen LogP contribution in [0.15, 0.2) is 0 Å². The van der Waals surface area contributed by atoms with Gasteiger partial charge in [-0.1, -0.05) is 12.8 Å². The van der Waals surface area contributed by atoms with E-state index in [-0.39, 0.29) is 24.7 Å². The zero-order chi connectivity index (χ0) is 12.2. The third-order valence-corrected chi connectivity index (χ3v) is 3.91. The number of nitrogens with one attached hydrogen (secondary N) is 1. The highest BCUT2D eigenvalue weighted by atomic mass is 32.2. The second-order valence-electron chi connectivity index (χ2n) is 4.57. The summed E-state index contributed by atoms with van der Waals surface area (Å²) in [5.41, 5.74) is -0.505. The lowest BCUT2D eigenvalue weighted by molar-refractivity contribution is -0.123. The summed E-state index contributed by atoms with van der Waals surface area (Å²) in [6.45, 7) is -0.0718. The number of carbonyl (C=O) groups is 1. The third kappa shape index (κ3) is 4.09. The fourth-order valence-corrected chi connectivity index (χ4v) is 2.57. The van der Waals surface area contributed by atoms with Gasteiger partial charge in [0.1, 0.15) is 9.84 Å².